The minimum atomic E-state index is -3.51. The zero-order chi connectivity index (χ0) is 20.6. The minimum Gasteiger partial charge on any atom is -0.435 e. The van der Waals surface area contributed by atoms with E-state index >= 15 is 0 Å². The number of nitrogens with zero attached hydrogens (tertiary/aromatic N) is 4. The van der Waals surface area contributed by atoms with Crippen LogP contribution in [0.5, 0.6) is 0 Å². The average Bonchev–Trinajstić information content (AvgIpc) is 2.87. The van der Waals surface area contributed by atoms with Crippen molar-refractivity contribution in [1.82, 2.24) is 9.47 Å². The first-order chi connectivity index (χ1) is 13.1. The fourth-order valence-corrected chi connectivity index (χ4v) is 4.19. The number of oxazole rings is 1. The predicted molar refractivity (Wildman–Crippen MR) is 107 cm³/mol. The molecule has 0 spiro atoms. The predicted octanol–water partition coefficient (Wildman–Crippen LogP) is 2.52. The first-order valence-corrected chi connectivity index (χ1v) is 11.0. The lowest BCUT2D eigenvalue weighted by Gasteiger charge is -2.35. The van der Waals surface area contributed by atoms with Gasteiger partial charge in [0.05, 0.1) is 22.2 Å². The molecule has 1 aromatic heterocycles. The van der Waals surface area contributed by atoms with Gasteiger partial charge < -0.3 is 9.32 Å². The molecular weight excluding hydrogens is 404 g/mol. The third kappa shape index (κ3) is 4.10. The molecule has 152 valence electrons. The van der Waals surface area contributed by atoms with Crippen LogP contribution in [0.25, 0.3) is 0 Å². The molecular formula is C17H22N4O5S2. The minimum absolute atomic E-state index is 0.0539. The van der Waals surface area contributed by atoms with Crippen molar-refractivity contribution in [3.8, 4) is 0 Å². The van der Waals surface area contributed by atoms with E-state index in [2.05, 4.69) is 4.90 Å². The maximum Gasteiger partial charge on any atom is 0.293 e. The van der Waals surface area contributed by atoms with Gasteiger partial charge in [-0.1, -0.05) is 0 Å². The van der Waals surface area contributed by atoms with Crippen molar-refractivity contribution in [1.29, 1.82) is 0 Å². The van der Waals surface area contributed by atoms with Crippen LogP contribution in [0.4, 0.5) is 11.4 Å². The summed E-state index contributed by atoms with van der Waals surface area (Å²) in [5, 5.41) is 11.5. The van der Waals surface area contributed by atoms with E-state index in [4.69, 9.17) is 16.6 Å². The SMILES string of the molecule is Cc1oc(=S)n(CN2CCN(c3ccc(S(C)(=O)=O)cc3[N+](=O)[O-])CC2)c1C. The molecule has 0 saturated carbocycles. The molecule has 0 bridgehead atoms. The Balaban J connectivity index is 1.76. The molecule has 1 aromatic carbocycles. The quantitative estimate of drug-likeness (QED) is 0.408. The second kappa shape index (κ2) is 7.64. The monoisotopic (exact) mass is 426 g/mol. The van der Waals surface area contributed by atoms with Gasteiger partial charge >= 0.3 is 0 Å². The molecule has 1 aliphatic heterocycles. The Labute approximate surface area is 168 Å². The summed E-state index contributed by atoms with van der Waals surface area (Å²) in [6.45, 7) is 6.98. The Morgan fingerprint density at radius 2 is 1.86 bits per heavy atom. The molecule has 0 unspecified atom stereocenters. The van der Waals surface area contributed by atoms with Crippen LogP contribution in [0.2, 0.25) is 0 Å². The fourth-order valence-electron chi connectivity index (χ4n) is 3.23. The van der Waals surface area contributed by atoms with E-state index < -0.39 is 14.8 Å². The van der Waals surface area contributed by atoms with E-state index in [-0.39, 0.29) is 10.6 Å². The van der Waals surface area contributed by atoms with Crippen LogP contribution in [0.15, 0.2) is 27.5 Å². The van der Waals surface area contributed by atoms with Crippen molar-refractivity contribution >= 4 is 33.4 Å². The smallest absolute Gasteiger partial charge is 0.293 e. The van der Waals surface area contributed by atoms with E-state index in [1.54, 1.807) is 0 Å². The molecule has 3 rings (SSSR count). The topological polar surface area (TPSA) is 102 Å². The number of benzene rings is 1. The number of anilines is 1. The lowest BCUT2D eigenvalue weighted by Crippen LogP contribution is -2.47. The van der Waals surface area contributed by atoms with E-state index in [1.807, 2.05) is 23.3 Å². The molecule has 1 aliphatic rings. The Bertz CT molecular complexity index is 1070. The molecule has 2 heterocycles. The first kappa shape index (κ1) is 20.5. The third-order valence-electron chi connectivity index (χ3n) is 5.00. The molecule has 0 aliphatic carbocycles. The summed E-state index contributed by atoms with van der Waals surface area (Å²) in [5.74, 6) is 0.797. The number of sulfone groups is 1. The van der Waals surface area contributed by atoms with Gasteiger partial charge in [0, 0.05) is 38.5 Å². The van der Waals surface area contributed by atoms with Crippen LogP contribution in [0, 0.1) is 28.8 Å². The van der Waals surface area contributed by atoms with Gasteiger partial charge in [-0.3, -0.25) is 19.6 Å². The summed E-state index contributed by atoms with van der Waals surface area (Å²) >= 11 is 5.25. The van der Waals surface area contributed by atoms with E-state index in [1.165, 1.54) is 12.1 Å². The van der Waals surface area contributed by atoms with Crippen molar-refractivity contribution in [2.45, 2.75) is 25.4 Å². The summed E-state index contributed by atoms with van der Waals surface area (Å²) in [6.07, 6.45) is 1.04. The van der Waals surface area contributed by atoms with Crippen LogP contribution in [0.1, 0.15) is 11.5 Å². The zero-order valence-electron chi connectivity index (χ0n) is 15.9. The highest BCUT2D eigenvalue weighted by Crippen LogP contribution is 2.31. The fraction of sp³-hybridized carbons (Fsp3) is 0.471. The van der Waals surface area contributed by atoms with Gasteiger partial charge in [0.15, 0.2) is 9.84 Å². The Morgan fingerprint density at radius 3 is 2.36 bits per heavy atom. The maximum absolute atomic E-state index is 11.7. The van der Waals surface area contributed by atoms with Crippen LogP contribution in [-0.4, -0.2) is 55.2 Å². The van der Waals surface area contributed by atoms with Crippen molar-refractivity contribution in [2.24, 2.45) is 0 Å². The molecule has 2 aromatic rings. The Morgan fingerprint density at radius 1 is 1.21 bits per heavy atom. The van der Waals surface area contributed by atoms with Gasteiger partial charge in [0.2, 0.25) is 0 Å². The molecule has 1 saturated heterocycles. The largest absolute Gasteiger partial charge is 0.435 e. The number of piperazine rings is 1. The average molecular weight is 427 g/mol. The maximum atomic E-state index is 11.7. The van der Waals surface area contributed by atoms with Gasteiger partial charge in [-0.25, -0.2) is 8.42 Å². The number of rotatable bonds is 5. The first-order valence-electron chi connectivity index (χ1n) is 8.70. The second-order valence-corrected chi connectivity index (χ2v) is 9.23. The van der Waals surface area contributed by atoms with Gasteiger partial charge in [-0.15, -0.1) is 0 Å². The van der Waals surface area contributed by atoms with Crippen molar-refractivity contribution in [2.75, 3.05) is 37.3 Å². The summed E-state index contributed by atoms with van der Waals surface area (Å²) < 4.78 is 30.8. The van der Waals surface area contributed by atoms with Crippen LogP contribution in [0.3, 0.4) is 0 Å². The lowest BCUT2D eigenvalue weighted by molar-refractivity contribution is -0.384. The normalized spacial score (nSPS) is 15.8. The zero-order valence-corrected chi connectivity index (χ0v) is 17.5. The summed E-state index contributed by atoms with van der Waals surface area (Å²) in [6, 6.07) is 4.07. The third-order valence-corrected chi connectivity index (χ3v) is 6.42. The highest BCUT2D eigenvalue weighted by Gasteiger charge is 2.26. The van der Waals surface area contributed by atoms with E-state index in [0.29, 0.717) is 43.4 Å². The molecule has 0 atom stereocenters. The van der Waals surface area contributed by atoms with Crippen molar-refractivity contribution in [3.63, 3.8) is 0 Å². The lowest BCUT2D eigenvalue weighted by atomic mass is 10.2. The molecule has 0 N–H and O–H groups in total. The molecule has 0 radical (unpaired) electrons. The van der Waals surface area contributed by atoms with Crippen LogP contribution >= 0.6 is 12.2 Å². The summed E-state index contributed by atoms with van der Waals surface area (Å²) in [5.41, 5.74) is 1.23. The van der Waals surface area contributed by atoms with Gasteiger partial charge in [0.1, 0.15) is 11.4 Å². The van der Waals surface area contributed by atoms with E-state index in [0.717, 1.165) is 23.8 Å². The molecule has 9 nitrogen and oxygen atoms in total. The number of hydrogen-bond acceptors (Lipinski definition) is 8. The molecule has 0 amide bonds. The standard InChI is InChI=1S/C17H22N4O5S2/c1-12-13(2)26-17(27)20(12)11-18-6-8-19(9-7-18)15-5-4-14(28(3,24)25)10-16(15)21(22)23/h4-5,10H,6-9,11H2,1-3H3. The number of aromatic nitrogens is 1. The van der Waals surface area contributed by atoms with Gasteiger partial charge in [-0.05, 0) is 38.2 Å². The molecule has 28 heavy (non-hydrogen) atoms. The highest BCUT2D eigenvalue weighted by atomic mass is 32.2. The van der Waals surface area contributed by atoms with Gasteiger partial charge in [-0.2, -0.15) is 0 Å². The second-order valence-electron chi connectivity index (χ2n) is 6.86. The number of nitro groups is 1. The summed E-state index contributed by atoms with van der Waals surface area (Å²) in [7, 11) is -3.51. The number of nitro benzene ring substituents is 1. The Kier molecular flexibility index (Phi) is 5.60. The number of hydrogen-bond donors (Lipinski definition) is 0. The summed E-state index contributed by atoms with van der Waals surface area (Å²) in [4.78, 5) is 15.4. The van der Waals surface area contributed by atoms with Crippen molar-refractivity contribution in [3.05, 3.63) is 44.6 Å². The van der Waals surface area contributed by atoms with Crippen LogP contribution in [-0.2, 0) is 16.5 Å². The van der Waals surface area contributed by atoms with Crippen molar-refractivity contribution < 1.29 is 17.8 Å². The number of aryl methyl sites for hydroxylation is 1. The molecule has 11 heteroatoms. The van der Waals surface area contributed by atoms with Gasteiger partial charge in [0.25, 0.3) is 10.5 Å². The highest BCUT2D eigenvalue weighted by molar-refractivity contribution is 7.90. The molecule has 1 fully saturated rings. The Hall–Kier alpha value is -2.24. The van der Waals surface area contributed by atoms with E-state index in [9.17, 15) is 18.5 Å². The van der Waals surface area contributed by atoms with Crippen LogP contribution < -0.4 is 4.90 Å².